The van der Waals surface area contributed by atoms with Gasteiger partial charge >= 0.3 is 0 Å². The van der Waals surface area contributed by atoms with Crippen molar-refractivity contribution in [2.45, 2.75) is 37.6 Å². The summed E-state index contributed by atoms with van der Waals surface area (Å²) in [6.45, 7) is 0.629. The molecule has 162 valence electrons. The topological polar surface area (TPSA) is 129 Å². The van der Waals surface area contributed by atoms with Gasteiger partial charge in [-0.1, -0.05) is 11.6 Å². The molecule has 1 aliphatic heterocycles. The van der Waals surface area contributed by atoms with Crippen LogP contribution < -0.4 is 9.80 Å². The Morgan fingerprint density at radius 1 is 1.00 bits per heavy atom. The predicted molar refractivity (Wildman–Crippen MR) is 106 cm³/mol. The molecule has 1 aliphatic rings. The van der Waals surface area contributed by atoms with E-state index >= 15 is 0 Å². The minimum Gasteiger partial charge on any atom is -0.457 e. The van der Waals surface area contributed by atoms with Gasteiger partial charge in [0.15, 0.2) is 0 Å². The van der Waals surface area contributed by atoms with Crippen LogP contribution in [0, 0.1) is 0 Å². The van der Waals surface area contributed by atoms with Crippen molar-refractivity contribution in [3.05, 3.63) is 53.6 Å². The Labute approximate surface area is 177 Å². The summed E-state index contributed by atoms with van der Waals surface area (Å²) in [4.78, 5) is 17.5. The average molecular weight is 440 g/mol. The molecule has 1 amide bonds. The van der Waals surface area contributed by atoms with Crippen molar-refractivity contribution in [2.75, 3.05) is 11.7 Å². The Bertz CT molecular complexity index is 845. The summed E-state index contributed by atoms with van der Waals surface area (Å²) in [5.74, 6) is 0.545. The first-order valence-corrected chi connectivity index (χ1v) is 9.49. The van der Waals surface area contributed by atoms with Crippen LogP contribution in [0.4, 0.5) is 5.69 Å². The first kappa shape index (κ1) is 22.4. The van der Waals surface area contributed by atoms with Crippen LogP contribution >= 0.6 is 11.6 Å². The summed E-state index contributed by atoms with van der Waals surface area (Å²) >= 11 is 5.85. The molecule has 2 aromatic rings. The van der Waals surface area contributed by atoms with E-state index in [-0.39, 0.29) is 0 Å². The number of carbonyl (C=O) groups is 1. The number of benzene rings is 2. The second kappa shape index (κ2) is 9.71. The minimum atomic E-state index is -1.64. The molecule has 0 spiro atoms. The normalized spacial score (nSPS) is 26.3. The van der Waals surface area contributed by atoms with Crippen LogP contribution in [-0.2, 0) is 14.4 Å². The van der Waals surface area contributed by atoms with Crippen molar-refractivity contribution in [1.82, 2.24) is 0 Å². The Morgan fingerprint density at radius 3 is 2.10 bits per heavy atom. The molecule has 9 nitrogen and oxygen atoms in total. The zero-order valence-corrected chi connectivity index (χ0v) is 16.7. The monoisotopic (exact) mass is 439 g/mol. The minimum absolute atomic E-state index is 0.308. The summed E-state index contributed by atoms with van der Waals surface area (Å²) in [7, 11) is 0. The van der Waals surface area contributed by atoms with Crippen LogP contribution in [0.1, 0.15) is 6.92 Å². The molecule has 1 heterocycles. The van der Waals surface area contributed by atoms with Crippen molar-refractivity contribution >= 4 is 23.2 Å². The van der Waals surface area contributed by atoms with Crippen LogP contribution in [0.25, 0.3) is 0 Å². The molecule has 0 saturated carbocycles. The standard InChI is InChI=1S/C20H22ClNO8/c1-11(24)22(30-20-19(27)18(26)17(25)16(10-23)29-20)13-4-8-15(9-5-13)28-14-6-2-12(21)3-7-14/h2-9,16-20,23,25-27H,10H2,1H3/t16-,17-,18+,19-,20+/m1/s1. The number of nitrogens with zero attached hydrogens (tertiary/aromatic N) is 1. The summed E-state index contributed by atoms with van der Waals surface area (Å²) in [6, 6.07) is 13.1. The van der Waals surface area contributed by atoms with E-state index in [0.717, 1.165) is 5.06 Å². The largest absolute Gasteiger partial charge is 0.457 e. The lowest BCUT2D eigenvalue weighted by atomic mass is 9.99. The van der Waals surface area contributed by atoms with E-state index in [1.165, 1.54) is 6.92 Å². The predicted octanol–water partition coefficient (Wildman–Crippen LogP) is 1.22. The highest BCUT2D eigenvalue weighted by molar-refractivity contribution is 6.30. The zero-order valence-electron chi connectivity index (χ0n) is 16.0. The second-order valence-electron chi connectivity index (χ2n) is 6.67. The van der Waals surface area contributed by atoms with Crippen molar-refractivity contribution < 1.29 is 39.5 Å². The molecule has 1 saturated heterocycles. The quantitative estimate of drug-likeness (QED) is 0.494. The van der Waals surface area contributed by atoms with Crippen LogP contribution in [-0.4, -0.2) is 63.6 Å². The van der Waals surface area contributed by atoms with E-state index in [1.807, 2.05) is 0 Å². The molecule has 0 aromatic heterocycles. The van der Waals surface area contributed by atoms with Crippen LogP contribution in [0.15, 0.2) is 48.5 Å². The number of ether oxygens (including phenoxy) is 2. The number of rotatable bonds is 6. The molecule has 0 radical (unpaired) electrons. The van der Waals surface area contributed by atoms with Crippen molar-refractivity contribution in [2.24, 2.45) is 0 Å². The first-order chi connectivity index (χ1) is 14.3. The Morgan fingerprint density at radius 2 is 1.57 bits per heavy atom. The fourth-order valence-corrected chi connectivity index (χ4v) is 2.99. The number of hydrogen-bond acceptors (Lipinski definition) is 8. The number of amides is 1. The van der Waals surface area contributed by atoms with Gasteiger partial charge < -0.3 is 29.9 Å². The molecule has 10 heteroatoms. The van der Waals surface area contributed by atoms with Crippen molar-refractivity contribution in [1.29, 1.82) is 0 Å². The summed E-state index contributed by atoms with van der Waals surface area (Å²) in [5, 5.41) is 40.6. The lowest BCUT2D eigenvalue weighted by Gasteiger charge is -2.40. The van der Waals surface area contributed by atoms with E-state index in [9.17, 15) is 25.2 Å². The number of anilines is 1. The maximum absolute atomic E-state index is 12.1. The molecule has 0 aliphatic carbocycles. The van der Waals surface area contributed by atoms with Crippen molar-refractivity contribution in [3.8, 4) is 11.5 Å². The zero-order chi connectivity index (χ0) is 21.8. The van der Waals surface area contributed by atoms with Crippen LogP contribution in [0.5, 0.6) is 11.5 Å². The van der Waals surface area contributed by atoms with E-state index in [2.05, 4.69) is 0 Å². The molecule has 2 aromatic carbocycles. The van der Waals surface area contributed by atoms with Gasteiger partial charge in [0.2, 0.25) is 12.2 Å². The fourth-order valence-electron chi connectivity index (χ4n) is 2.86. The third kappa shape index (κ3) is 5.08. The number of aliphatic hydroxyl groups is 4. The smallest absolute Gasteiger partial charge is 0.247 e. The van der Waals surface area contributed by atoms with Gasteiger partial charge in [0.25, 0.3) is 0 Å². The molecule has 5 atom stereocenters. The Kier molecular flexibility index (Phi) is 7.27. The van der Waals surface area contributed by atoms with Gasteiger partial charge in [0.05, 0.1) is 12.3 Å². The van der Waals surface area contributed by atoms with E-state index in [0.29, 0.717) is 22.2 Å². The van der Waals surface area contributed by atoms with E-state index in [1.54, 1.807) is 48.5 Å². The maximum atomic E-state index is 12.1. The number of aliphatic hydroxyl groups excluding tert-OH is 4. The molecule has 0 unspecified atom stereocenters. The number of carbonyl (C=O) groups excluding carboxylic acids is 1. The number of hydroxylamine groups is 1. The van der Waals surface area contributed by atoms with Crippen LogP contribution in [0.2, 0.25) is 5.02 Å². The third-order valence-electron chi connectivity index (χ3n) is 4.46. The van der Waals surface area contributed by atoms with Gasteiger partial charge in [-0.15, -0.1) is 0 Å². The van der Waals surface area contributed by atoms with Gasteiger partial charge in [0, 0.05) is 11.9 Å². The van der Waals surface area contributed by atoms with Gasteiger partial charge in [-0.05, 0) is 48.5 Å². The van der Waals surface area contributed by atoms with E-state index in [4.69, 9.17) is 25.9 Å². The second-order valence-corrected chi connectivity index (χ2v) is 7.10. The lowest BCUT2D eigenvalue weighted by Crippen LogP contribution is -2.60. The van der Waals surface area contributed by atoms with E-state index < -0.39 is 43.2 Å². The summed E-state index contributed by atoms with van der Waals surface area (Å²) < 4.78 is 11.0. The third-order valence-corrected chi connectivity index (χ3v) is 4.72. The number of hydrogen-bond donors (Lipinski definition) is 4. The molecule has 1 fully saturated rings. The highest BCUT2D eigenvalue weighted by Gasteiger charge is 2.45. The highest BCUT2D eigenvalue weighted by Crippen LogP contribution is 2.28. The number of halogens is 1. The Balaban J connectivity index is 1.73. The molecule has 30 heavy (non-hydrogen) atoms. The average Bonchev–Trinajstić information content (AvgIpc) is 2.74. The van der Waals surface area contributed by atoms with Gasteiger partial charge in [-0.3, -0.25) is 4.79 Å². The molecule has 4 N–H and O–H groups in total. The van der Waals surface area contributed by atoms with Gasteiger partial charge in [-0.2, -0.15) is 5.06 Å². The molecular formula is C20H22ClNO8. The van der Waals surface area contributed by atoms with Gasteiger partial charge in [0.1, 0.15) is 35.9 Å². The maximum Gasteiger partial charge on any atom is 0.247 e. The molecular weight excluding hydrogens is 418 g/mol. The SMILES string of the molecule is CC(=O)N(O[C@@H]1O[C@H](CO)[C@@H](O)[C@H](O)[C@H]1O)c1ccc(Oc2ccc(Cl)cc2)cc1. The lowest BCUT2D eigenvalue weighted by molar-refractivity contribution is -0.302. The summed E-state index contributed by atoms with van der Waals surface area (Å²) in [6.07, 6.45) is -7.44. The van der Waals surface area contributed by atoms with Crippen LogP contribution in [0.3, 0.4) is 0 Å². The molecule has 0 bridgehead atoms. The van der Waals surface area contributed by atoms with Gasteiger partial charge in [-0.25, -0.2) is 4.84 Å². The first-order valence-electron chi connectivity index (χ1n) is 9.11. The molecule has 3 rings (SSSR count). The highest BCUT2D eigenvalue weighted by atomic mass is 35.5. The van der Waals surface area contributed by atoms with Crippen molar-refractivity contribution in [3.63, 3.8) is 0 Å². The Hall–Kier alpha value is -2.24. The summed E-state index contributed by atoms with van der Waals surface area (Å²) in [5.41, 5.74) is 0.308. The fraction of sp³-hybridized carbons (Fsp3) is 0.350.